The van der Waals surface area contributed by atoms with Crippen LogP contribution in [0.5, 0.6) is 0 Å². The van der Waals surface area contributed by atoms with Crippen molar-refractivity contribution in [3.63, 3.8) is 0 Å². The van der Waals surface area contributed by atoms with Crippen molar-refractivity contribution in [2.75, 3.05) is 19.6 Å². The predicted molar refractivity (Wildman–Crippen MR) is 108 cm³/mol. The molecule has 6 nitrogen and oxygen atoms in total. The fraction of sp³-hybridized carbons (Fsp3) is 0.550. The standard InChI is InChI=1S/C20H28N4O2S/c1-2-3-4-5-10-21-19(25)15-8-6-11-24(14-15)20(26)17-13-16(22-23-17)18-9-7-12-27-18/h7,9,12-13,15H,2-6,8,10-11,14H2,1H3,(H,21,25)(H,22,23). The number of H-pyrrole nitrogens is 1. The molecule has 0 spiro atoms. The first-order chi connectivity index (χ1) is 13.2. The van der Waals surface area contributed by atoms with Gasteiger partial charge in [0.15, 0.2) is 5.69 Å². The Bertz CT molecular complexity index is 741. The molecule has 1 unspecified atom stereocenters. The second kappa shape index (κ2) is 9.69. The second-order valence-electron chi connectivity index (χ2n) is 7.09. The molecule has 146 valence electrons. The number of nitrogens with zero attached hydrogens (tertiary/aromatic N) is 2. The van der Waals surface area contributed by atoms with E-state index in [1.807, 2.05) is 17.5 Å². The molecule has 7 heteroatoms. The van der Waals surface area contributed by atoms with Crippen molar-refractivity contribution in [2.24, 2.45) is 5.92 Å². The second-order valence-corrected chi connectivity index (χ2v) is 8.03. The van der Waals surface area contributed by atoms with E-state index < -0.39 is 0 Å². The van der Waals surface area contributed by atoms with Crippen LogP contribution < -0.4 is 5.32 Å². The molecule has 2 amide bonds. The van der Waals surface area contributed by atoms with Gasteiger partial charge in [0.05, 0.1) is 16.5 Å². The minimum absolute atomic E-state index is 0.0744. The summed E-state index contributed by atoms with van der Waals surface area (Å²) in [6, 6.07) is 5.76. The minimum atomic E-state index is -0.121. The number of aromatic nitrogens is 2. The highest BCUT2D eigenvalue weighted by Crippen LogP contribution is 2.24. The molecule has 1 aliphatic rings. The molecule has 27 heavy (non-hydrogen) atoms. The third-order valence-corrected chi connectivity index (χ3v) is 5.90. The van der Waals surface area contributed by atoms with E-state index in [9.17, 15) is 9.59 Å². The Labute approximate surface area is 164 Å². The van der Waals surface area contributed by atoms with Gasteiger partial charge < -0.3 is 10.2 Å². The van der Waals surface area contributed by atoms with Gasteiger partial charge in [0.25, 0.3) is 5.91 Å². The number of carbonyl (C=O) groups excluding carboxylic acids is 2. The summed E-state index contributed by atoms with van der Waals surface area (Å²) in [7, 11) is 0. The summed E-state index contributed by atoms with van der Waals surface area (Å²) in [6.07, 6.45) is 6.26. The molecule has 1 aliphatic heterocycles. The topological polar surface area (TPSA) is 78.1 Å². The lowest BCUT2D eigenvalue weighted by Crippen LogP contribution is -2.45. The van der Waals surface area contributed by atoms with Gasteiger partial charge in [-0.25, -0.2) is 0 Å². The van der Waals surface area contributed by atoms with Crippen LogP contribution in [-0.4, -0.2) is 46.5 Å². The fourth-order valence-corrected chi connectivity index (χ4v) is 4.13. The van der Waals surface area contributed by atoms with Crippen molar-refractivity contribution < 1.29 is 9.59 Å². The van der Waals surface area contributed by atoms with Crippen LogP contribution in [0.3, 0.4) is 0 Å². The van der Waals surface area contributed by atoms with Gasteiger partial charge in [0, 0.05) is 19.6 Å². The van der Waals surface area contributed by atoms with E-state index in [0.717, 1.165) is 42.8 Å². The average Bonchev–Trinajstić information content (AvgIpc) is 3.38. The molecule has 0 bridgehead atoms. The lowest BCUT2D eigenvalue weighted by atomic mass is 9.96. The van der Waals surface area contributed by atoms with Gasteiger partial charge in [-0.2, -0.15) is 5.10 Å². The van der Waals surface area contributed by atoms with Gasteiger partial charge in [-0.1, -0.05) is 32.3 Å². The zero-order valence-electron chi connectivity index (χ0n) is 15.9. The van der Waals surface area contributed by atoms with Crippen LogP contribution in [0.15, 0.2) is 23.6 Å². The van der Waals surface area contributed by atoms with E-state index in [2.05, 4.69) is 22.4 Å². The third-order valence-electron chi connectivity index (χ3n) is 4.99. The molecule has 0 radical (unpaired) electrons. The summed E-state index contributed by atoms with van der Waals surface area (Å²) < 4.78 is 0. The van der Waals surface area contributed by atoms with E-state index in [-0.39, 0.29) is 17.7 Å². The highest BCUT2D eigenvalue weighted by molar-refractivity contribution is 7.13. The molecular weight excluding hydrogens is 360 g/mol. The Kier molecular flexibility index (Phi) is 7.04. The molecule has 0 saturated carbocycles. The number of unbranched alkanes of at least 4 members (excludes halogenated alkanes) is 3. The van der Waals surface area contributed by atoms with E-state index in [0.29, 0.717) is 18.8 Å². The SMILES string of the molecule is CCCCCCNC(=O)C1CCCN(C(=O)c2cc(-c3cccs3)[nH]n2)C1. The van der Waals surface area contributed by atoms with Gasteiger partial charge in [-0.05, 0) is 36.8 Å². The van der Waals surface area contributed by atoms with Crippen LogP contribution in [0.25, 0.3) is 10.6 Å². The van der Waals surface area contributed by atoms with Crippen LogP contribution in [0.2, 0.25) is 0 Å². The van der Waals surface area contributed by atoms with E-state index in [4.69, 9.17) is 0 Å². The number of nitrogens with one attached hydrogen (secondary N) is 2. The van der Waals surface area contributed by atoms with Crippen molar-refractivity contribution in [1.82, 2.24) is 20.4 Å². The molecule has 2 aromatic rings. The van der Waals surface area contributed by atoms with Gasteiger partial charge in [0.1, 0.15) is 0 Å². The fourth-order valence-electron chi connectivity index (χ4n) is 3.43. The Morgan fingerprint density at radius 2 is 2.26 bits per heavy atom. The quantitative estimate of drug-likeness (QED) is 0.677. The molecule has 2 aromatic heterocycles. The van der Waals surface area contributed by atoms with Gasteiger partial charge in [-0.3, -0.25) is 14.7 Å². The highest BCUT2D eigenvalue weighted by atomic mass is 32.1. The molecule has 3 rings (SSSR count). The number of aromatic amines is 1. The van der Waals surface area contributed by atoms with E-state index >= 15 is 0 Å². The summed E-state index contributed by atoms with van der Waals surface area (Å²) >= 11 is 1.60. The predicted octanol–water partition coefficient (Wildman–Crippen LogP) is 3.69. The molecule has 1 atom stereocenters. The number of carbonyl (C=O) groups is 2. The lowest BCUT2D eigenvalue weighted by molar-refractivity contribution is -0.126. The van der Waals surface area contributed by atoms with Gasteiger partial charge >= 0.3 is 0 Å². The normalized spacial score (nSPS) is 17.1. The number of likely N-dealkylation sites (tertiary alicyclic amines) is 1. The summed E-state index contributed by atoms with van der Waals surface area (Å²) in [6.45, 7) is 4.06. The first-order valence-corrected chi connectivity index (χ1v) is 10.7. The van der Waals surface area contributed by atoms with E-state index in [1.165, 1.54) is 12.8 Å². The molecule has 1 saturated heterocycles. The zero-order valence-corrected chi connectivity index (χ0v) is 16.7. The molecule has 0 aromatic carbocycles. The molecule has 0 aliphatic carbocycles. The summed E-state index contributed by atoms with van der Waals surface area (Å²) in [5, 5.41) is 12.2. The van der Waals surface area contributed by atoms with Gasteiger partial charge in [0.2, 0.25) is 5.91 Å². The van der Waals surface area contributed by atoms with Crippen LogP contribution in [0, 0.1) is 5.92 Å². The number of thiophene rings is 1. The Hall–Kier alpha value is -2.15. The monoisotopic (exact) mass is 388 g/mol. The maximum absolute atomic E-state index is 12.8. The number of piperidine rings is 1. The Balaban J connectivity index is 1.53. The molecule has 2 N–H and O–H groups in total. The maximum Gasteiger partial charge on any atom is 0.274 e. The Morgan fingerprint density at radius 3 is 3.04 bits per heavy atom. The minimum Gasteiger partial charge on any atom is -0.356 e. The van der Waals surface area contributed by atoms with Crippen molar-refractivity contribution >= 4 is 23.2 Å². The summed E-state index contributed by atoms with van der Waals surface area (Å²) in [4.78, 5) is 28.0. The number of rotatable bonds is 8. The molecule has 3 heterocycles. The first kappa shape index (κ1) is 19.6. The third kappa shape index (κ3) is 5.19. The first-order valence-electron chi connectivity index (χ1n) is 9.85. The molecule has 1 fully saturated rings. The van der Waals surface area contributed by atoms with E-state index in [1.54, 1.807) is 22.3 Å². The van der Waals surface area contributed by atoms with Crippen LogP contribution in [0.4, 0.5) is 0 Å². The number of amides is 2. The maximum atomic E-state index is 12.8. The highest BCUT2D eigenvalue weighted by Gasteiger charge is 2.29. The molecular formula is C20H28N4O2S. The van der Waals surface area contributed by atoms with Crippen molar-refractivity contribution in [3.05, 3.63) is 29.3 Å². The van der Waals surface area contributed by atoms with Crippen LogP contribution >= 0.6 is 11.3 Å². The van der Waals surface area contributed by atoms with Crippen molar-refractivity contribution in [3.8, 4) is 10.6 Å². The van der Waals surface area contributed by atoms with Crippen LogP contribution in [-0.2, 0) is 4.79 Å². The largest absolute Gasteiger partial charge is 0.356 e. The zero-order chi connectivity index (χ0) is 19.1. The Morgan fingerprint density at radius 1 is 1.37 bits per heavy atom. The van der Waals surface area contributed by atoms with Gasteiger partial charge in [-0.15, -0.1) is 11.3 Å². The van der Waals surface area contributed by atoms with Crippen molar-refractivity contribution in [2.45, 2.75) is 45.4 Å². The smallest absolute Gasteiger partial charge is 0.274 e. The number of hydrogen-bond donors (Lipinski definition) is 2. The van der Waals surface area contributed by atoms with Crippen LogP contribution in [0.1, 0.15) is 55.9 Å². The van der Waals surface area contributed by atoms with Crippen molar-refractivity contribution in [1.29, 1.82) is 0 Å². The number of hydrogen-bond acceptors (Lipinski definition) is 4. The summed E-state index contributed by atoms with van der Waals surface area (Å²) in [5.74, 6) is -0.149. The lowest BCUT2D eigenvalue weighted by Gasteiger charge is -2.31. The average molecular weight is 389 g/mol. The summed E-state index contributed by atoms with van der Waals surface area (Å²) in [5.41, 5.74) is 1.27.